The number of carbonyl (C=O) groups excluding carboxylic acids is 1. The highest BCUT2D eigenvalue weighted by molar-refractivity contribution is 7.99. The Balaban J connectivity index is 2.09. The maximum Gasteiger partial charge on any atom is 0.254 e. The van der Waals surface area contributed by atoms with Gasteiger partial charge in [-0.15, -0.1) is 0 Å². The average molecular weight is 286 g/mol. The molecular weight excluding hydrogens is 268 g/mol. The summed E-state index contributed by atoms with van der Waals surface area (Å²) in [5.74, 6) is 2.21. The van der Waals surface area contributed by atoms with Crippen LogP contribution in [-0.2, 0) is 0 Å². The molecule has 104 valence electrons. The van der Waals surface area contributed by atoms with E-state index in [-0.39, 0.29) is 5.91 Å². The van der Waals surface area contributed by atoms with Crippen molar-refractivity contribution >= 4 is 28.6 Å². The summed E-state index contributed by atoms with van der Waals surface area (Å²) in [7, 11) is 0. The van der Waals surface area contributed by atoms with Gasteiger partial charge >= 0.3 is 0 Å². The van der Waals surface area contributed by atoms with Gasteiger partial charge in [0.25, 0.3) is 5.91 Å². The second-order valence-electron chi connectivity index (χ2n) is 5.24. The Morgan fingerprint density at radius 1 is 1.20 bits per heavy atom. The van der Waals surface area contributed by atoms with Gasteiger partial charge in [0, 0.05) is 35.7 Å². The summed E-state index contributed by atoms with van der Waals surface area (Å²) in [5.41, 5.74) is 3.76. The minimum atomic E-state index is 0.145. The zero-order valence-corrected chi connectivity index (χ0v) is 12.7. The van der Waals surface area contributed by atoms with E-state index >= 15 is 0 Å². The number of aromatic nitrogens is 1. The molecule has 0 saturated carbocycles. The molecule has 2 heterocycles. The number of pyridine rings is 1. The SMILES string of the molecule is Cc1ccc2nc(C)cc(C(=O)N3CCSCC3)c2c1. The fourth-order valence-electron chi connectivity index (χ4n) is 2.59. The molecule has 2 aromatic rings. The Hall–Kier alpha value is -1.55. The molecule has 1 aromatic carbocycles. The highest BCUT2D eigenvalue weighted by Gasteiger charge is 2.20. The van der Waals surface area contributed by atoms with Crippen molar-refractivity contribution in [2.75, 3.05) is 24.6 Å². The summed E-state index contributed by atoms with van der Waals surface area (Å²) >= 11 is 1.91. The lowest BCUT2D eigenvalue weighted by Gasteiger charge is -2.27. The molecule has 1 fully saturated rings. The Kier molecular flexibility index (Phi) is 3.66. The molecule has 0 bridgehead atoms. The first kappa shape index (κ1) is 13.4. The van der Waals surface area contributed by atoms with Gasteiger partial charge in [-0.05, 0) is 32.0 Å². The van der Waals surface area contributed by atoms with Gasteiger partial charge in [-0.25, -0.2) is 0 Å². The normalized spacial score (nSPS) is 15.6. The van der Waals surface area contributed by atoms with Gasteiger partial charge in [-0.3, -0.25) is 9.78 Å². The van der Waals surface area contributed by atoms with Crippen molar-refractivity contribution < 1.29 is 4.79 Å². The van der Waals surface area contributed by atoms with E-state index in [9.17, 15) is 4.79 Å². The zero-order valence-electron chi connectivity index (χ0n) is 11.8. The third-order valence-electron chi connectivity index (χ3n) is 3.62. The Morgan fingerprint density at radius 2 is 1.95 bits per heavy atom. The number of amides is 1. The van der Waals surface area contributed by atoms with E-state index in [1.807, 2.05) is 48.7 Å². The third-order valence-corrected chi connectivity index (χ3v) is 4.56. The monoisotopic (exact) mass is 286 g/mol. The van der Waals surface area contributed by atoms with E-state index in [2.05, 4.69) is 11.1 Å². The molecule has 4 heteroatoms. The van der Waals surface area contributed by atoms with E-state index in [0.29, 0.717) is 0 Å². The Morgan fingerprint density at radius 3 is 2.70 bits per heavy atom. The smallest absolute Gasteiger partial charge is 0.254 e. The van der Waals surface area contributed by atoms with Crippen LogP contribution >= 0.6 is 11.8 Å². The van der Waals surface area contributed by atoms with Crippen LogP contribution in [0.2, 0.25) is 0 Å². The van der Waals surface area contributed by atoms with E-state index in [0.717, 1.165) is 52.3 Å². The number of benzene rings is 1. The minimum absolute atomic E-state index is 0.145. The highest BCUT2D eigenvalue weighted by Crippen LogP contribution is 2.22. The van der Waals surface area contributed by atoms with Crippen LogP contribution in [0, 0.1) is 13.8 Å². The second-order valence-corrected chi connectivity index (χ2v) is 6.46. The standard InChI is InChI=1S/C16H18N2OS/c1-11-3-4-15-13(9-11)14(10-12(2)17-15)16(19)18-5-7-20-8-6-18/h3-4,9-10H,5-8H2,1-2H3. The van der Waals surface area contributed by atoms with Crippen LogP contribution in [0.25, 0.3) is 10.9 Å². The van der Waals surface area contributed by atoms with Crippen LogP contribution in [0.5, 0.6) is 0 Å². The molecule has 1 aliphatic rings. The summed E-state index contributed by atoms with van der Waals surface area (Å²) in [6, 6.07) is 8.03. The molecular formula is C16H18N2OS. The Bertz CT molecular complexity index is 663. The van der Waals surface area contributed by atoms with Crippen molar-refractivity contribution in [2.24, 2.45) is 0 Å². The van der Waals surface area contributed by atoms with E-state index in [1.165, 1.54) is 0 Å². The fourth-order valence-corrected chi connectivity index (χ4v) is 3.49. The first-order valence-electron chi connectivity index (χ1n) is 6.90. The molecule has 1 amide bonds. The van der Waals surface area contributed by atoms with Crippen molar-refractivity contribution in [3.8, 4) is 0 Å². The van der Waals surface area contributed by atoms with Crippen LogP contribution in [0.15, 0.2) is 24.3 Å². The minimum Gasteiger partial charge on any atom is -0.337 e. The number of rotatable bonds is 1. The van der Waals surface area contributed by atoms with Crippen LogP contribution in [0.1, 0.15) is 21.6 Å². The molecule has 0 radical (unpaired) electrons. The van der Waals surface area contributed by atoms with Crippen LogP contribution in [0.4, 0.5) is 0 Å². The van der Waals surface area contributed by atoms with Crippen LogP contribution in [-0.4, -0.2) is 40.4 Å². The van der Waals surface area contributed by atoms with Crippen molar-refractivity contribution in [3.05, 3.63) is 41.1 Å². The molecule has 1 aromatic heterocycles. The van der Waals surface area contributed by atoms with Crippen molar-refractivity contribution in [2.45, 2.75) is 13.8 Å². The van der Waals surface area contributed by atoms with E-state index in [1.54, 1.807) is 0 Å². The molecule has 0 spiro atoms. The zero-order chi connectivity index (χ0) is 14.1. The van der Waals surface area contributed by atoms with E-state index < -0.39 is 0 Å². The number of hydrogen-bond acceptors (Lipinski definition) is 3. The van der Waals surface area contributed by atoms with Gasteiger partial charge in [0.15, 0.2) is 0 Å². The molecule has 0 unspecified atom stereocenters. The van der Waals surface area contributed by atoms with Gasteiger partial charge in [0.05, 0.1) is 11.1 Å². The molecule has 0 atom stereocenters. The van der Waals surface area contributed by atoms with Crippen molar-refractivity contribution in [3.63, 3.8) is 0 Å². The average Bonchev–Trinajstić information content (AvgIpc) is 2.47. The lowest BCUT2D eigenvalue weighted by atomic mass is 10.0. The molecule has 1 aliphatic heterocycles. The Labute approximate surface area is 123 Å². The predicted molar refractivity (Wildman–Crippen MR) is 84.4 cm³/mol. The van der Waals surface area contributed by atoms with Gasteiger partial charge < -0.3 is 4.90 Å². The van der Waals surface area contributed by atoms with Crippen LogP contribution in [0.3, 0.4) is 0 Å². The fraction of sp³-hybridized carbons (Fsp3) is 0.375. The molecule has 3 nitrogen and oxygen atoms in total. The number of fused-ring (bicyclic) bond motifs is 1. The number of aryl methyl sites for hydroxylation is 2. The lowest BCUT2D eigenvalue weighted by Crippen LogP contribution is -2.38. The number of carbonyl (C=O) groups is 1. The number of hydrogen-bond donors (Lipinski definition) is 0. The summed E-state index contributed by atoms with van der Waals surface area (Å²) in [6.07, 6.45) is 0. The molecule has 3 rings (SSSR count). The third kappa shape index (κ3) is 2.52. The molecule has 0 aliphatic carbocycles. The number of nitrogens with zero attached hydrogens (tertiary/aromatic N) is 2. The topological polar surface area (TPSA) is 33.2 Å². The largest absolute Gasteiger partial charge is 0.337 e. The van der Waals surface area contributed by atoms with Gasteiger partial charge in [-0.1, -0.05) is 11.6 Å². The van der Waals surface area contributed by atoms with Gasteiger partial charge in [-0.2, -0.15) is 11.8 Å². The highest BCUT2D eigenvalue weighted by atomic mass is 32.2. The van der Waals surface area contributed by atoms with Crippen molar-refractivity contribution in [1.82, 2.24) is 9.88 Å². The lowest BCUT2D eigenvalue weighted by molar-refractivity contribution is 0.0774. The van der Waals surface area contributed by atoms with Crippen LogP contribution < -0.4 is 0 Å². The molecule has 0 N–H and O–H groups in total. The predicted octanol–water partition coefficient (Wildman–Crippen LogP) is 3.04. The summed E-state index contributed by atoms with van der Waals surface area (Å²) in [4.78, 5) is 19.3. The van der Waals surface area contributed by atoms with Gasteiger partial charge in [0.2, 0.25) is 0 Å². The summed E-state index contributed by atoms with van der Waals surface area (Å²) in [6.45, 7) is 5.68. The summed E-state index contributed by atoms with van der Waals surface area (Å²) < 4.78 is 0. The summed E-state index contributed by atoms with van der Waals surface area (Å²) in [5, 5.41) is 0.971. The first-order chi connectivity index (χ1) is 9.65. The quantitative estimate of drug-likeness (QED) is 0.808. The van der Waals surface area contributed by atoms with E-state index in [4.69, 9.17) is 0 Å². The maximum atomic E-state index is 12.8. The second kappa shape index (κ2) is 5.44. The first-order valence-corrected chi connectivity index (χ1v) is 8.05. The molecule has 1 saturated heterocycles. The van der Waals surface area contributed by atoms with Gasteiger partial charge in [0.1, 0.15) is 0 Å². The molecule has 20 heavy (non-hydrogen) atoms. The number of thioether (sulfide) groups is 1. The van der Waals surface area contributed by atoms with Crippen molar-refractivity contribution in [1.29, 1.82) is 0 Å². The maximum absolute atomic E-state index is 12.8.